The number of benzene rings is 1. The number of nitrogens with one attached hydrogen (secondary N) is 2. The van der Waals surface area contributed by atoms with Crippen LogP contribution in [0.2, 0.25) is 0 Å². The first-order chi connectivity index (χ1) is 19.0. The largest absolute Gasteiger partial charge is 0.381 e. The SMILES string of the molecule is CC1CCN(Cc2nc(Nc3ccc(-c4cnc5cc(F)ccn45)c4c3C(=O)NC4)ccc2[C@H]2CCOC2)C1. The Balaban J connectivity index is 1.24. The molecule has 3 aliphatic rings. The van der Waals surface area contributed by atoms with Gasteiger partial charge in [0.15, 0.2) is 0 Å². The number of amides is 1. The van der Waals surface area contributed by atoms with Crippen molar-refractivity contribution in [1.82, 2.24) is 24.6 Å². The Hall–Kier alpha value is -3.82. The highest BCUT2D eigenvalue weighted by Crippen LogP contribution is 2.36. The first-order valence-electron chi connectivity index (χ1n) is 13.7. The number of hydrogen-bond acceptors (Lipinski definition) is 6. The Morgan fingerprint density at radius 2 is 2.13 bits per heavy atom. The summed E-state index contributed by atoms with van der Waals surface area (Å²) in [4.78, 5) is 24.9. The molecule has 8 nitrogen and oxygen atoms in total. The summed E-state index contributed by atoms with van der Waals surface area (Å²) in [5.41, 5.74) is 6.79. The number of carbonyl (C=O) groups is 1. The Morgan fingerprint density at radius 1 is 1.21 bits per heavy atom. The molecule has 1 unspecified atom stereocenters. The number of anilines is 2. The zero-order chi connectivity index (χ0) is 26.5. The molecule has 0 aliphatic carbocycles. The fraction of sp³-hybridized carbons (Fsp3) is 0.367. The van der Waals surface area contributed by atoms with Gasteiger partial charge in [0, 0.05) is 50.0 Å². The molecule has 39 heavy (non-hydrogen) atoms. The number of rotatable bonds is 6. The molecule has 2 fully saturated rings. The third-order valence-corrected chi connectivity index (χ3v) is 8.24. The van der Waals surface area contributed by atoms with E-state index < -0.39 is 0 Å². The first kappa shape index (κ1) is 24.2. The summed E-state index contributed by atoms with van der Waals surface area (Å²) in [6.45, 7) is 7.25. The quantitative estimate of drug-likeness (QED) is 0.373. The second-order valence-corrected chi connectivity index (χ2v) is 11.0. The van der Waals surface area contributed by atoms with E-state index in [0.717, 1.165) is 67.6 Å². The van der Waals surface area contributed by atoms with Gasteiger partial charge in [-0.25, -0.2) is 14.4 Å². The van der Waals surface area contributed by atoms with Gasteiger partial charge in [-0.05, 0) is 54.6 Å². The number of aromatic nitrogens is 3. The van der Waals surface area contributed by atoms with E-state index in [9.17, 15) is 9.18 Å². The van der Waals surface area contributed by atoms with Gasteiger partial charge in [0.05, 0.1) is 35.4 Å². The summed E-state index contributed by atoms with van der Waals surface area (Å²) < 4.78 is 21.2. The number of hydrogen-bond donors (Lipinski definition) is 2. The summed E-state index contributed by atoms with van der Waals surface area (Å²) >= 11 is 0. The van der Waals surface area contributed by atoms with Crippen LogP contribution in [-0.2, 0) is 17.8 Å². The van der Waals surface area contributed by atoms with Crippen molar-refractivity contribution in [3.05, 3.63) is 77.0 Å². The highest BCUT2D eigenvalue weighted by atomic mass is 19.1. The zero-order valence-corrected chi connectivity index (χ0v) is 21.9. The van der Waals surface area contributed by atoms with Crippen LogP contribution in [0.3, 0.4) is 0 Å². The van der Waals surface area contributed by atoms with E-state index in [-0.39, 0.29) is 11.7 Å². The van der Waals surface area contributed by atoms with Crippen molar-refractivity contribution in [2.45, 2.75) is 38.8 Å². The molecular weight excluding hydrogens is 495 g/mol. The second kappa shape index (κ2) is 9.73. The number of carbonyl (C=O) groups excluding carboxylic acids is 1. The van der Waals surface area contributed by atoms with Crippen molar-refractivity contribution in [2.75, 3.05) is 31.6 Å². The maximum Gasteiger partial charge on any atom is 0.254 e. The van der Waals surface area contributed by atoms with E-state index in [1.807, 2.05) is 22.6 Å². The molecule has 200 valence electrons. The van der Waals surface area contributed by atoms with Gasteiger partial charge in [-0.2, -0.15) is 0 Å². The fourth-order valence-electron chi connectivity index (χ4n) is 6.23. The van der Waals surface area contributed by atoms with Crippen LogP contribution < -0.4 is 10.6 Å². The number of likely N-dealkylation sites (tertiary alicyclic amines) is 1. The van der Waals surface area contributed by atoms with Gasteiger partial charge in [-0.3, -0.25) is 14.1 Å². The van der Waals surface area contributed by atoms with E-state index in [2.05, 4.69) is 33.5 Å². The van der Waals surface area contributed by atoms with E-state index >= 15 is 0 Å². The molecule has 0 saturated carbocycles. The van der Waals surface area contributed by atoms with Gasteiger partial charge >= 0.3 is 0 Å². The van der Waals surface area contributed by atoms with Crippen molar-refractivity contribution >= 4 is 23.1 Å². The normalized spacial score (nSPS) is 21.0. The Morgan fingerprint density at radius 3 is 2.95 bits per heavy atom. The highest BCUT2D eigenvalue weighted by molar-refractivity contribution is 6.06. The van der Waals surface area contributed by atoms with Gasteiger partial charge in [0.2, 0.25) is 0 Å². The van der Waals surface area contributed by atoms with Gasteiger partial charge in [0.1, 0.15) is 17.3 Å². The van der Waals surface area contributed by atoms with Crippen LogP contribution >= 0.6 is 0 Å². The molecule has 2 saturated heterocycles. The maximum atomic E-state index is 13.7. The van der Waals surface area contributed by atoms with Crippen molar-refractivity contribution in [2.24, 2.45) is 5.92 Å². The van der Waals surface area contributed by atoms with Crippen molar-refractivity contribution < 1.29 is 13.9 Å². The highest BCUT2D eigenvalue weighted by Gasteiger charge is 2.28. The topological polar surface area (TPSA) is 83.8 Å². The lowest BCUT2D eigenvalue weighted by molar-refractivity contribution is 0.0966. The van der Waals surface area contributed by atoms with Crippen LogP contribution in [0.5, 0.6) is 0 Å². The molecule has 7 rings (SSSR count). The molecule has 0 spiro atoms. The van der Waals surface area contributed by atoms with Gasteiger partial charge in [-0.15, -0.1) is 0 Å². The molecule has 2 atom stereocenters. The summed E-state index contributed by atoms with van der Waals surface area (Å²) in [7, 11) is 0. The summed E-state index contributed by atoms with van der Waals surface area (Å²) in [6.07, 6.45) is 5.62. The lowest BCUT2D eigenvalue weighted by atomic mass is 9.96. The molecule has 2 N–H and O–H groups in total. The van der Waals surface area contributed by atoms with Gasteiger partial charge in [0.25, 0.3) is 5.91 Å². The van der Waals surface area contributed by atoms with Crippen molar-refractivity contribution in [3.63, 3.8) is 0 Å². The van der Waals surface area contributed by atoms with Crippen LogP contribution in [0.4, 0.5) is 15.9 Å². The summed E-state index contributed by atoms with van der Waals surface area (Å²) in [5.74, 6) is 1.34. The molecule has 6 heterocycles. The minimum atomic E-state index is -0.334. The summed E-state index contributed by atoms with van der Waals surface area (Å²) in [5, 5.41) is 6.42. The molecule has 9 heteroatoms. The van der Waals surface area contributed by atoms with Crippen LogP contribution in [0.1, 0.15) is 52.9 Å². The predicted molar refractivity (Wildman–Crippen MR) is 147 cm³/mol. The first-order valence-corrected chi connectivity index (χ1v) is 13.7. The molecule has 1 aromatic carbocycles. The number of pyridine rings is 2. The van der Waals surface area contributed by atoms with Crippen LogP contribution in [0, 0.1) is 11.7 Å². The maximum absolute atomic E-state index is 13.7. The van der Waals surface area contributed by atoms with Gasteiger partial charge in [-0.1, -0.05) is 19.1 Å². The molecular formula is C30H31FN6O2. The number of halogens is 1. The van der Waals surface area contributed by atoms with Crippen LogP contribution in [-0.4, -0.2) is 51.5 Å². The van der Waals surface area contributed by atoms with E-state index in [0.29, 0.717) is 35.3 Å². The Bertz CT molecular complexity index is 1580. The van der Waals surface area contributed by atoms with E-state index in [1.54, 1.807) is 12.4 Å². The van der Waals surface area contributed by atoms with Crippen molar-refractivity contribution in [3.8, 4) is 11.3 Å². The number of imidazole rings is 1. The number of ether oxygens (including phenoxy) is 1. The number of nitrogens with zero attached hydrogens (tertiary/aromatic N) is 4. The Kier molecular flexibility index (Phi) is 6.05. The third-order valence-electron chi connectivity index (χ3n) is 8.24. The monoisotopic (exact) mass is 526 g/mol. The molecule has 0 radical (unpaired) electrons. The van der Waals surface area contributed by atoms with E-state index in [4.69, 9.17) is 9.72 Å². The standard InChI is InChI=1S/C30H31FN6O2/c1-18-6-9-36(15-18)16-25-21(19-8-11-39-17-19)3-5-27(35-25)34-24-4-2-22(23-13-33-30(38)29(23)24)26-14-32-28-12-20(31)7-10-37(26)28/h2-5,7,10,12,14,18-19H,6,8-9,11,13,15-17H2,1H3,(H,33,38)(H,34,35)/t18?,19-/m0/s1. The molecule has 0 bridgehead atoms. The zero-order valence-electron chi connectivity index (χ0n) is 21.9. The number of fused-ring (bicyclic) bond motifs is 2. The van der Waals surface area contributed by atoms with E-state index in [1.165, 1.54) is 24.1 Å². The molecule has 3 aliphatic heterocycles. The fourth-order valence-corrected chi connectivity index (χ4v) is 6.23. The lowest BCUT2D eigenvalue weighted by Crippen LogP contribution is -2.22. The average Bonchev–Trinajstić information content (AvgIpc) is 3.73. The molecule has 1 amide bonds. The minimum absolute atomic E-state index is 0.125. The van der Waals surface area contributed by atoms with Crippen molar-refractivity contribution in [1.29, 1.82) is 0 Å². The van der Waals surface area contributed by atoms with Crippen LogP contribution in [0.15, 0.2) is 48.8 Å². The predicted octanol–water partition coefficient (Wildman–Crippen LogP) is 4.87. The smallest absolute Gasteiger partial charge is 0.254 e. The lowest BCUT2D eigenvalue weighted by Gasteiger charge is -2.21. The third kappa shape index (κ3) is 4.45. The molecule has 4 aromatic rings. The van der Waals surface area contributed by atoms with Gasteiger partial charge < -0.3 is 15.4 Å². The minimum Gasteiger partial charge on any atom is -0.381 e. The average molecular weight is 527 g/mol. The second-order valence-electron chi connectivity index (χ2n) is 11.0. The summed E-state index contributed by atoms with van der Waals surface area (Å²) in [6, 6.07) is 10.9. The molecule has 3 aromatic heterocycles. The van der Waals surface area contributed by atoms with Crippen LogP contribution in [0.25, 0.3) is 16.9 Å². The Labute approximate surface area is 226 Å².